The average molecular weight is 679 g/mol. The number of hydrogen-bond donors (Lipinski definition) is 0. The molecule has 0 N–H and O–H groups in total. The molecule has 0 aliphatic heterocycles. The molecule has 4 heterocycles. The molecule has 0 saturated carbocycles. The van der Waals surface area contributed by atoms with Crippen molar-refractivity contribution in [3.8, 4) is 6.07 Å². The van der Waals surface area contributed by atoms with Gasteiger partial charge in [-0.2, -0.15) is 11.3 Å². The zero-order chi connectivity index (χ0) is 33.7. The Kier molecular flexibility index (Phi) is 47.0. The molecule has 1 radical (unpaired) electrons. The molecule has 4 aromatic heterocycles. The number of hydrogen-bond acceptors (Lipinski definition) is 8. The summed E-state index contributed by atoms with van der Waals surface area (Å²) in [5.74, 6) is -0.252. The molecule has 44 heavy (non-hydrogen) atoms. The van der Waals surface area contributed by atoms with Crippen molar-refractivity contribution in [1.29, 1.82) is 5.26 Å². The first-order valence-electron chi connectivity index (χ1n) is 14.2. The van der Waals surface area contributed by atoms with Crippen molar-refractivity contribution in [2.45, 2.75) is 62.3 Å². The third kappa shape index (κ3) is 29.8. The predicted molar refractivity (Wildman–Crippen MR) is 176 cm³/mol. The molecule has 0 aromatic carbocycles. The summed E-state index contributed by atoms with van der Waals surface area (Å²) in [6.07, 6.45) is 8.17. The van der Waals surface area contributed by atoms with Crippen molar-refractivity contribution < 1.29 is 47.1 Å². The largest absolute Gasteiger partial charge is 0.417 e. The summed E-state index contributed by atoms with van der Waals surface area (Å²) in [4.78, 5) is 41.1. The Morgan fingerprint density at radius 3 is 1.43 bits per heavy atom. The second-order valence-electron chi connectivity index (χ2n) is 6.32. The van der Waals surface area contributed by atoms with E-state index in [0.29, 0.717) is 17.1 Å². The molecular formula is C34H49N6O3Y-. The number of rotatable bonds is 3. The van der Waals surface area contributed by atoms with Crippen LogP contribution in [0.15, 0.2) is 97.6 Å². The quantitative estimate of drug-likeness (QED) is 0.160. The number of carbonyl (C=O) groups is 1. The molecule has 4 aromatic rings. The number of nitriles is 1. The Hall–Kier alpha value is -3.71. The molecule has 9 nitrogen and oxygen atoms in total. The van der Waals surface area contributed by atoms with E-state index in [1.165, 1.54) is 14.2 Å². The van der Waals surface area contributed by atoms with Crippen molar-refractivity contribution in [2.24, 2.45) is 0 Å². The van der Waals surface area contributed by atoms with Gasteiger partial charge in [-0.1, -0.05) is 85.3 Å². The van der Waals surface area contributed by atoms with Gasteiger partial charge in [0.1, 0.15) is 17.5 Å². The van der Waals surface area contributed by atoms with Crippen LogP contribution in [-0.2, 0) is 42.3 Å². The maximum absolute atomic E-state index is 11.3. The minimum atomic E-state index is -0.252. The van der Waals surface area contributed by atoms with E-state index < -0.39 is 0 Å². The summed E-state index contributed by atoms with van der Waals surface area (Å²) in [5.41, 5.74) is 2.27. The molecule has 0 unspecified atom stereocenters. The van der Waals surface area contributed by atoms with Gasteiger partial charge < -0.3 is 4.79 Å². The second kappa shape index (κ2) is 41.4. The van der Waals surface area contributed by atoms with Gasteiger partial charge in [-0.3, -0.25) is 24.6 Å². The minimum Gasteiger partial charge on any atom is -0.417 e. The van der Waals surface area contributed by atoms with Crippen LogP contribution in [0.3, 0.4) is 0 Å². The molecule has 0 atom stereocenters. The molecule has 0 fully saturated rings. The van der Waals surface area contributed by atoms with Gasteiger partial charge in [-0.15, -0.1) is 6.07 Å². The first-order valence-corrected chi connectivity index (χ1v) is 14.2. The van der Waals surface area contributed by atoms with Gasteiger partial charge >= 0.3 is 0 Å². The number of aromatic nitrogens is 4. The summed E-state index contributed by atoms with van der Waals surface area (Å²) < 4.78 is 0. The molecule has 10 heteroatoms. The number of pyridine rings is 4. The summed E-state index contributed by atoms with van der Waals surface area (Å²) in [6, 6.07) is 23.2. The van der Waals surface area contributed by atoms with E-state index >= 15 is 0 Å². The fourth-order valence-electron chi connectivity index (χ4n) is 2.03. The fraction of sp³-hybridized carbons (Fsp3) is 0.324. The predicted octanol–water partition coefficient (Wildman–Crippen LogP) is 7.70. The fourth-order valence-corrected chi connectivity index (χ4v) is 2.03. The van der Waals surface area contributed by atoms with Crippen LogP contribution < -0.4 is 0 Å². The molecular weight excluding hydrogens is 629 g/mol. The van der Waals surface area contributed by atoms with E-state index in [1.807, 2.05) is 86.6 Å². The zero-order valence-electron chi connectivity index (χ0n) is 28.2. The van der Waals surface area contributed by atoms with Crippen LogP contribution in [0.5, 0.6) is 0 Å². The molecule has 4 rings (SSSR count). The summed E-state index contributed by atoms with van der Waals surface area (Å²) in [6.45, 7) is 18.0. The van der Waals surface area contributed by atoms with E-state index in [4.69, 9.17) is 10.1 Å². The van der Waals surface area contributed by atoms with Gasteiger partial charge in [0.25, 0.3) is 5.91 Å². The van der Waals surface area contributed by atoms with Crippen LogP contribution in [0.2, 0.25) is 0 Å². The topological polar surface area (TPSA) is 122 Å². The Morgan fingerprint density at radius 1 is 0.727 bits per heavy atom. The average Bonchev–Trinajstić information content (AvgIpc) is 3.13. The maximum Gasteiger partial charge on any atom is 0.295 e. The molecule has 1 amide bonds. The smallest absolute Gasteiger partial charge is 0.295 e. The van der Waals surface area contributed by atoms with Crippen molar-refractivity contribution in [3.05, 3.63) is 120 Å². The maximum atomic E-state index is 11.3. The van der Waals surface area contributed by atoms with Crippen LogP contribution in [0, 0.1) is 18.3 Å². The summed E-state index contributed by atoms with van der Waals surface area (Å²) in [5, 5.41) is 9.35. The van der Waals surface area contributed by atoms with Gasteiger partial charge in [0.15, 0.2) is 0 Å². The molecule has 237 valence electrons. The molecule has 0 aliphatic rings. The SMILES string of the molecule is CC.CC.CC.CC.CON(C)C(=O)c1ccccn1.Cc1ccccn1.N#Cc1ccccn1.O=[C-]c1ccccn1.[Y]. The Morgan fingerprint density at radius 2 is 1.18 bits per heavy atom. The second-order valence-corrected chi connectivity index (χ2v) is 6.32. The Balaban J connectivity index is -0.000000144. The zero-order valence-corrected chi connectivity index (χ0v) is 31.1. The van der Waals surface area contributed by atoms with Crippen LogP contribution in [-0.4, -0.2) is 51.3 Å². The Bertz CT molecular complexity index is 1150. The number of amides is 1. The van der Waals surface area contributed by atoms with Gasteiger partial charge in [-0.05, 0) is 43.3 Å². The van der Waals surface area contributed by atoms with E-state index in [0.717, 1.165) is 10.8 Å². The number of carbonyl (C=O) groups excluding carboxylic acids is 2. The monoisotopic (exact) mass is 678 g/mol. The van der Waals surface area contributed by atoms with Crippen molar-refractivity contribution in [3.63, 3.8) is 0 Å². The molecule has 0 aliphatic carbocycles. The number of aryl methyl sites for hydroxylation is 1. The minimum absolute atomic E-state index is 0. The summed E-state index contributed by atoms with van der Waals surface area (Å²) in [7, 11) is 2.97. The molecule has 0 bridgehead atoms. The number of hydroxylamine groups is 2. The van der Waals surface area contributed by atoms with Crippen LogP contribution in [0.1, 0.15) is 83.0 Å². The van der Waals surface area contributed by atoms with Gasteiger partial charge in [-0.25, -0.2) is 10.0 Å². The molecule has 0 spiro atoms. The van der Waals surface area contributed by atoms with E-state index in [1.54, 1.807) is 85.7 Å². The standard InChI is InChI=1S/C8H10N2O2.C6H4N2.C6H4NO.C6H7N.4C2H6.Y/c1-10(12-2)8(11)7-5-3-4-6-9-7;7-5-6-3-1-2-4-8-6;8-5-6-3-1-2-4-7-6;1-6-4-2-3-5-7-6;4*1-2;/h3-6H,1-2H3;2*1-4H;2-5H,1H3;4*1-2H3;/q;;-1;;;;;;. The van der Waals surface area contributed by atoms with Crippen LogP contribution >= 0.6 is 0 Å². The first-order chi connectivity index (χ1) is 21.0. The van der Waals surface area contributed by atoms with Gasteiger partial charge in [0.2, 0.25) is 0 Å². The van der Waals surface area contributed by atoms with Gasteiger partial charge in [0.05, 0.1) is 7.11 Å². The normalized spacial score (nSPS) is 7.50. The van der Waals surface area contributed by atoms with Crippen LogP contribution in [0.25, 0.3) is 0 Å². The number of nitrogens with zero attached hydrogens (tertiary/aromatic N) is 6. The first kappa shape index (κ1) is 49.9. The van der Waals surface area contributed by atoms with E-state index in [2.05, 4.69) is 19.9 Å². The Labute approximate surface area is 291 Å². The van der Waals surface area contributed by atoms with Crippen molar-refractivity contribution >= 4 is 12.2 Å². The third-order valence-corrected chi connectivity index (χ3v) is 3.81. The van der Waals surface area contributed by atoms with E-state index in [-0.39, 0.29) is 38.6 Å². The van der Waals surface area contributed by atoms with Gasteiger partial charge in [0, 0.05) is 76.5 Å². The summed E-state index contributed by atoms with van der Waals surface area (Å²) >= 11 is 0. The van der Waals surface area contributed by atoms with E-state index in [9.17, 15) is 9.59 Å². The van der Waals surface area contributed by atoms with Crippen LogP contribution in [0.4, 0.5) is 0 Å². The van der Waals surface area contributed by atoms with Crippen molar-refractivity contribution in [2.75, 3.05) is 14.2 Å². The third-order valence-electron chi connectivity index (χ3n) is 3.81. The molecule has 0 saturated heterocycles. The van der Waals surface area contributed by atoms with Crippen molar-refractivity contribution in [1.82, 2.24) is 25.0 Å².